The molecule has 1 aliphatic rings. The van der Waals surface area contributed by atoms with Crippen LogP contribution in [0, 0.1) is 0 Å². The fourth-order valence-corrected chi connectivity index (χ4v) is 3.92. The molecule has 0 spiro atoms. The number of anilines is 3. The quantitative estimate of drug-likeness (QED) is 0.428. The van der Waals surface area contributed by atoms with Gasteiger partial charge in [0.15, 0.2) is 5.75 Å². The smallest absolute Gasteiger partial charge is 0.225 e. The minimum absolute atomic E-state index is 0.143. The first kappa shape index (κ1) is 19.7. The number of pyridine rings is 1. The molecule has 3 aromatic rings. The van der Waals surface area contributed by atoms with E-state index in [2.05, 4.69) is 25.6 Å². The van der Waals surface area contributed by atoms with Crippen LogP contribution in [0.3, 0.4) is 0 Å². The third-order valence-corrected chi connectivity index (χ3v) is 5.46. The van der Waals surface area contributed by atoms with Crippen molar-refractivity contribution in [1.82, 2.24) is 15.0 Å². The molecule has 8 heteroatoms. The molecule has 1 fully saturated rings. The molecule has 1 aliphatic carbocycles. The van der Waals surface area contributed by atoms with E-state index in [1.54, 1.807) is 18.3 Å². The maximum absolute atomic E-state index is 9.78. The summed E-state index contributed by atoms with van der Waals surface area (Å²) in [6.07, 6.45) is 7.67. The van der Waals surface area contributed by atoms with Crippen molar-refractivity contribution in [3.63, 3.8) is 0 Å². The van der Waals surface area contributed by atoms with E-state index in [9.17, 15) is 5.11 Å². The highest BCUT2D eigenvalue weighted by atomic mass is 35.5. The van der Waals surface area contributed by atoms with Crippen LogP contribution in [0.25, 0.3) is 11.4 Å². The number of hydrogen-bond acceptors (Lipinski definition) is 6. The second-order valence-corrected chi connectivity index (χ2v) is 7.88. The predicted molar refractivity (Wildman–Crippen MR) is 117 cm³/mol. The van der Waals surface area contributed by atoms with Crippen LogP contribution >= 0.6 is 23.2 Å². The van der Waals surface area contributed by atoms with E-state index in [-0.39, 0.29) is 15.8 Å². The molecule has 3 N–H and O–H groups in total. The van der Waals surface area contributed by atoms with Gasteiger partial charge < -0.3 is 15.7 Å². The fraction of sp³-hybridized carbons (Fsp3) is 0.286. The van der Waals surface area contributed by atoms with Gasteiger partial charge in [-0.1, -0.05) is 48.5 Å². The molecule has 2 aromatic heterocycles. The number of aromatic nitrogens is 3. The van der Waals surface area contributed by atoms with E-state index in [0.29, 0.717) is 29.2 Å². The van der Waals surface area contributed by atoms with Crippen molar-refractivity contribution in [1.29, 1.82) is 0 Å². The Balaban J connectivity index is 1.67. The Bertz CT molecular complexity index is 971. The van der Waals surface area contributed by atoms with Gasteiger partial charge in [0.05, 0.1) is 21.4 Å². The first-order valence-electron chi connectivity index (χ1n) is 9.60. The Morgan fingerprint density at radius 3 is 2.38 bits per heavy atom. The van der Waals surface area contributed by atoms with Crippen molar-refractivity contribution in [2.24, 2.45) is 0 Å². The number of benzene rings is 1. The highest BCUT2D eigenvalue weighted by molar-refractivity contribution is 6.37. The first-order valence-corrected chi connectivity index (χ1v) is 10.4. The van der Waals surface area contributed by atoms with Crippen LogP contribution in [-0.2, 0) is 0 Å². The number of phenolic OH excluding ortho intramolecular Hbond substituents is 1. The SMILES string of the molecule is Oc1c(Cl)cc(Nc2cc(-c3ccccn3)nc(NC3CCCCC3)n2)cc1Cl. The van der Waals surface area contributed by atoms with Crippen LogP contribution in [0.2, 0.25) is 10.0 Å². The van der Waals surface area contributed by atoms with E-state index in [1.807, 2.05) is 24.3 Å². The number of phenols is 1. The lowest BCUT2D eigenvalue weighted by atomic mass is 9.96. The summed E-state index contributed by atoms with van der Waals surface area (Å²) in [5.41, 5.74) is 2.08. The standard InChI is InChI=1S/C21H21Cl2N5O/c22-15-10-14(11-16(23)20(15)29)25-19-12-18(17-8-4-5-9-24-17)27-21(28-19)26-13-6-2-1-3-7-13/h4-5,8-13,29H,1-3,6-7H2,(H2,25,26,27,28). The number of rotatable bonds is 5. The summed E-state index contributed by atoms with van der Waals surface area (Å²) < 4.78 is 0. The van der Waals surface area contributed by atoms with Gasteiger partial charge in [-0.2, -0.15) is 4.98 Å². The number of nitrogens with zero attached hydrogens (tertiary/aromatic N) is 3. The molecule has 0 amide bonds. The molecule has 1 aromatic carbocycles. The van der Waals surface area contributed by atoms with Crippen LogP contribution in [0.1, 0.15) is 32.1 Å². The normalized spacial score (nSPS) is 14.6. The highest BCUT2D eigenvalue weighted by Crippen LogP contribution is 2.35. The largest absolute Gasteiger partial charge is 0.505 e. The molecular weight excluding hydrogens is 409 g/mol. The van der Waals surface area contributed by atoms with E-state index in [1.165, 1.54) is 19.3 Å². The second-order valence-electron chi connectivity index (χ2n) is 7.07. The van der Waals surface area contributed by atoms with Gasteiger partial charge in [-0.05, 0) is 37.1 Å². The molecule has 2 heterocycles. The van der Waals surface area contributed by atoms with E-state index in [0.717, 1.165) is 18.5 Å². The van der Waals surface area contributed by atoms with Gasteiger partial charge in [-0.3, -0.25) is 4.98 Å². The zero-order chi connectivity index (χ0) is 20.2. The van der Waals surface area contributed by atoms with Crippen molar-refractivity contribution in [2.75, 3.05) is 10.6 Å². The third-order valence-electron chi connectivity index (χ3n) is 4.88. The van der Waals surface area contributed by atoms with Crippen LogP contribution in [-0.4, -0.2) is 26.1 Å². The highest BCUT2D eigenvalue weighted by Gasteiger charge is 2.16. The summed E-state index contributed by atoms with van der Waals surface area (Å²) in [6.45, 7) is 0. The molecule has 0 aliphatic heterocycles. The molecule has 0 saturated heterocycles. The van der Waals surface area contributed by atoms with Crippen molar-refractivity contribution in [3.05, 3.63) is 52.6 Å². The lowest BCUT2D eigenvalue weighted by molar-refractivity contribution is 0.461. The molecule has 0 atom stereocenters. The minimum Gasteiger partial charge on any atom is -0.505 e. The van der Waals surface area contributed by atoms with Gasteiger partial charge in [-0.15, -0.1) is 0 Å². The lowest BCUT2D eigenvalue weighted by Gasteiger charge is -2.23. The number of aromatic hydroxyl groups is 1. The predicted octanol–water partition coefficient (Wildman–Crippen LogP) is 6.04. The summed E-state index contributed by atoms with van der Waals surface area (Å²) in [5.74, 6) is 0.991. The van der Waals surface area contributed by atoms with Gasteiger partial charge in [0.2, 0.25) is 5.95 Å². The van der Waals surface area contributed by atoms with Crippen LogP contribution in [0.4, 0.5) is 17.5 Å². The number of halogens is 2. The molecule has 29 heavy (non-hydrogen) atoms. The van der Waals surface area contributed by atoms with Crippen molar-refractivity contribution >= 4 is 40.7 Å². The van der Waals surface area contributed by atoms with E-state index < -0.39 is 0 Å². The molecule has 0 bridgehead atoms. The Labute approximate surface area is 179 Å². The van der Waals surface area contributed by atoms with Crippen LogP contribution < -0.4 is 10.6 Å². The first-order chi connectivity index (χ1) is 14.1. The van der Waals surface area contributed by atoms with Crippen LogP contribution in [0.15, 0.2) is 42.6 Å². The molecule has 0 radical (unpaired) electrons. The topological polar surface area (TPSA) is 83.0 Å². The van der Waals surface area contributed by atoms with E-state index in [4.69, 9.17) is 23.2 Å². The van der Waals surface area contributed by atoms with Crippen molar-refractivity contribution < 1.29 is 5.11 Å². The Kier molecular flexibility index (Phi) is 6.02. The molecular formula is C21H21Cl2N5O. The van der Waals surface area contributed by atoms with Crippen molar-refractivity contribution in [2.45, 2.75) is 38.1 Å². The Morgan fingerprint density at radius 2 is 1.69 bits per heavy atom. The lowest BCUT2D eigenvalue weighted by Crippen LogP contribution is -2.23. The maximum Gasteiger partial charge on any atom is 0.225 e. The summed E-state index contributed by atoms with van der Waals surface area (Å²) in [6, 6.07) is 11.1. The molecule has 150 valence electrons. The van der Waals surface area contributed by atoms with Gasteiger partial charge in [-0.25, -0.2) is 4.98 Å². The summed E-state index contributed by atoms with van der Waals surface area (Å²) in [4.78, 5) is 13.7. The van der Waals surface area contributed by atoms with Gasteiger partial charge in [0.1, 0.15) is 5.82 Å². The van der Waals surface area contributed by atoms with E-state index >= 15 is 0 Å². The Morgan fingerprint density at radius 1 is 0.931 bits per heavy atom. The fourth-order valence-electron chi connectivity index (χ4n) is 3.44. The zero-order valence-corrected chi connectivity index (χ0v) is 17.2. The average molecular weight is 430 g/mol. The Hall–Kier alpha value is -2.57. The molecule has 6 nitrogen and oxygen atoms in total. The van der Waals surface area contributed by atoms with Crippen molar-refractivity contribution in [3.8, 4) is 17.1 Å². The average Bonchev–Trinajstić information content (AvgIpc) is 2.73. The van der Waals surface area contributed by atoms with Gasteiger partial charge in [0, 0.05) is 24.0 Å². The molecule has 1 saturated carbocycles. The molecule has 4 rings (SSSR count). The van der Waals surface area contributed by atoms with Gasteiger partial charge in [0.25, 0.3) is 0 Å². The van der Waals surface area contributed by atoms with Crippen LogP contribution in [0.5, 0.6) is 5.75 Å². The third kappa shape index (κ3) is 4.89. The molecule has 0 unspecified atom stereocenters. The zero-order valence-electron chi connectivity index (χ0n) is 15.7. The maximum atomic E-state index is 9.78. The minimum atomic E-state index is -0.143. The summed E-state index contributed by atoms with van der Waals surface area (Å²) in [5, 5.41) is 16.8. The summed E-state index contributed by atoms with van der Waals surface area (Å²) >= 11 is 12.1. The van der Waals surface area contributed by atoms with Gasteiger partial charge >= 0.3 is 0 Å². The summed E-state index contributed by atoms with van der Waals surface area (Å²) in [7, 11) is 0. The second kappa shape index (κ2) is 8.84. The number of nitrogens with one attached hydrogen (secondary N) is 2. The monoisotopic (exact) mass is 429 g/mol. The number of hydrogen-bond donors (Lipinski definition) is 3.